The molecule has 0 saturated heterocycles. The van der Waals surface area contributed by atoms with Crippen LogP contribution in [0.4, 0.5) is 0 Å². The van der Waals surface area contributed by atoms with Gasteiger partial charge in [0.25, 0.3) is 0 Å². The highest BCUT2D eigenvalue weighted by atomic mass is 16.6. The summed E-state index contributed by atoms with van der Waals surface area (Å²) in [6.07, 6.45) is 1.81. The molecule has 0 heterocycles. The van der Waals surface area contributed by atoms with Gasteiger partial charge in [0.05, 0.1) is 13.2 Å². The third kappa shape index (κ3) is 8.60. The molecular formula is C30H34O5. The van der Waals surface area contributed by atoms with Crippen molar-refractivity contribution < 1.29 is 23.8 Å². The SMILES string of the molecule is CCOC(=O)C(CC(Cc1ccccc1)Cc1ccc(OCc2ccccc2)cc1)C(=O)OCC. The van der Waals surface area contributed by atoms with Gasteiger partial charge in [-0.1, -0.05) is 72.8 Å². The zero-order valence-corrected chi connectivity index (χ0v) is 20.5. The van der Waals surface area contributed by atoms with Crippen LogP contribution in [-0.2, 0) is 38.5 Å². The highest BCUT2D eigenvalue weighted by molar-refractivity contribution is 5.94. The van der Waals surface area contributed by atoms with Gasteiger partial charge in [0.1, 0.15) is 12.4 Å². The van der Waals surface area contributed by atoms with Gasteiger partial charge >= 0.3 is 11.9 Å². The summed E-state index contributed by atoms with van der Waals surface area (Å²) in [5.74, 6) is -1.13. The van der Waals surface area contributed by atoms with Crippen molar-refractivity contribution in [3.63, 3.8) is 0 Å². The zero-order chi connectivity index (χ0) is 24.9. The van der Waals surface area contributed by atoms with Crippen LogP contribution in [0.25, 0.3) is 0 Å². The normalized spacial score (nSPS) is 11.6. The van der Waals surface area contributed by atoms with E-state index in [0.29, 0.717) is 19.4 Å². The molecule has 3 aromatic carbocycles. The van der Waals surface area contributed by atoms with E-state index in [4.69, 9.17) is 14.2 Å². The average molecular weight is 475 g/mol. The van der Waals surface area contributed by atoms with Crippen molar-refractivity contribution in [3.8, 4) is 5.75 Å². The van der Waals surface area contributed by atoms with Gasteiger partial charge in [-0.25, -0.2) is 0 Å². The predicted octanol–water partition coefficient (Wildman–Crippen LogP) is 5.80. The highest BCUT2D eigenvalue weighted by Gasteiger charge is 2.32. The molecule has 3 aromatic rings. The number of rotatable bonds is 13. The fourth-order valence-electron chi connectivity index (χ4n) is 4.09. The monoisotopic (exact) mass is 474 g/mol. The van der Waals surface area contributed by atoms with Gasteiger partial charge in [0, 0.05) is 0 Å². The number of hydrogen-bond donors (Lipinski definition) is 0. The third-order valence-electron chi connectivity index (χ3n) is 5.77. The molecule has 0 amide bonds. The Hall–Kier alpha value is -3.60. The number of benzene rings is 3. The smallest absolute Gasteiger partial charge is 0.320 e. The lowest BCUT2D eigenvalue weighted by molar-refractivity contribution is -0.162. The lowest BCUT2D eigenvalue weighted by atomic mass is 9.85. The van der Waals surface area contributed by atoms with E-state index >= 15 is 0 Å². The van der Waals surface area contributed by atoms with Crippen molar-refractivity contribution in [3.05, 3.63) is 102 Å². The summed E-state index contributed by atoms with van der Waals surface area (Å²) in [6.45, 7) is 4.44. The fourth-order valence-corrected chi connectivity index (χ4v) is 4.09. The Bertz CT molecular complexity index is 1010. The highest BCUT2D eigenvalue weighted by Crippen LogP contribution is 2.25. The maximum absolute atomic E-state index is 12.6. The molecule has 0 aliphatic rings. The van der Waals surface area contributed by atoms with Crippen LogP contribution in [0.3, 0.4) is 0 Å². The number of carbonyl (C=O) groups excluding carboxylic acids is 2. The van der Waals surface area contributed by atoms with Gasteiger partial charge in [0.15, 0.2) is 5.92 Å². The summed E-state index contributed by atoms with van der Waals surface area (Å²) in [4.78, 5) is 25.2. The first-order valence-electron chi connectivity index (χ1n) is 12.2. The Morgan fingerprint density at radius 2 is 1.14 bits per heavy atom. The molecule has 0 bridgehead atoms. The molecule has 0 aromatic heterocycles. The van der Waals surface area contributed by atoms with Gasteiger partial charge in [-0.2, -0.15) is 0 Å². The number of carbonyl (C=O) groups is 2. The van der Waals surface area contributed by atoms with Gasteiger partial charge in [0.2, 0.25) is 0 Å². The first-order valence-corrected chi connectivity index (χ1v) is 12.2. The standard InChI is InChI=1S/C30H34O5/c1-3-33-29(31)28(30(32)34-4-2)21-26(19-23-11-7-5-8-12-23)20-24-15-17-27(18-16-24)35-22-25-13-9-6-10-14-25/h5-18,26,28H,3-4,19-22H2,1-2H3. The number of esters is 2. The molecule has 1 unspecified atom stereocenters. The Labute approximate surface area is 208 Å². The number of hydrogen-bond acceptors (Lipinski definition) is 5. The fraction of sp³-hybridized carbons (Fsp3) is 0.333. The van der Waals surface area contributed by atoms with Gasteiger partial charge in [-0.3, -0.25) is 9.59 Å². The summed E-state index contributed by atoms with van der Waals surface area (Å²) >= 11 is 0. The van der Waals surface area contributed by atoms with E-state index in [1.165, 1.54) is 0 Å². The molecule has 5 nitrogen and oxygen atoms in total. The lowest BCUT2D eigenvalue weighted by Gasteiger charge is -2.22. The summed E-state index contributed by atoms with van der Waals surface area (Å²) < 4.78 is 16.3. The van der Waals surface area contributed by atoms with Crippen LogP contribution in [0.2, 0.25) is 0 Å². The molecular weight excluding hydrogens is 440 g/mol. The van der Waals surface area contributed by atoms with Crippen molar-refractivity contribution in [1.82, 2.24) is 0 Å². The second-order valence-electron chi connectivity index (χ2n) is 8.47. The van der Waals surface area contributed by atoms with E-state index in [2.05, 4.69) is 12.1 Å². The molecule has 1 atom stereocenters. The van der Waals surface area contributed by atoms with Gasteiger partial charge < -0.3 is 14.2 Å². The Kier molecular flexibility index (Phi) is 10.4. The predicted molar refractivity (Wildman–Crippen MR) is 136 cm³/mol. The summed E-state index contributed by atoms with van der Waals surface area (Å²) in [6, 6.07) is 28.2. The quantitative estimate of drug-likeness (QED) is 0.231. The molecule has 3 rings (SSSR count). The Morgan fingerprint density at radius 1 is 0.657 bits per heavy atom. The minimum atomic E-state index is -0.933. The van der Waals surface area contributed by atoms with E-state index in [-0.39, 0.29) is 19.1 Å². The largest absolute Gasteiger partial charge is 0.489 e. The van der Waals surface area contributed by atoms with Crippen LogP contribution >= 0.6 is 0 Å². The van der Waals surface area contributed by atoms with Crippen LogP contribution in [-0.4, -0.2) is 25.2 Å². The molecule has 0 aliphatic carbocycles. The molecule has 0 aliphatic heterocycles. The van der Waals surface area contributed by atoms with Crippen LogP contribution in [0.15, 0.2) is 84.9 Å². The van der Waals surface area contributed by atoms with Crippen molar-refractivity contribution >= 4 is 11.9 Å². The van der Waals surface area contributed by atoms with Crippen molar-refractivity contribution in [1.29, 1.82) is 0 Å². The molecule has 0 saturated carbocycles. The summed E-state index contributed by atoms with van der Waals surface area (Å²) in [5, 5.41) is 0. The van der Waals surface area contributed by atoms with Crippen LogP contribution in [0.5, 0.6) is 5.75 Å². The van der Waals surface area contributed by atoms with E-state index in [1.807, 2.05) is 72.8 Å². The van der Waals surface area contributed by atoms with Crippen LogP contribution in [0, 0.1) is 11.8 Å². The van der Waals surface area contributed by atoms with E-state index in [9.17, 15) is 9.59 Å². The molecule has 35 heavy (non-hydrogen) atoms. The van der Waals surface area contributed by atoms with E-state index in [1.54, 1.807) is 13.8 Å². The second kappa shape index (κ2) is 14.0. The Morgan fingerprint density at radius 3 is 1.66 bits per heavy atom. The van der Waals surface area contributed by atoms with Gasteiger partial charge in [-0.15, -0.1) is 0 Å². The van der Waals surface area contributed by atoms with E-state index in [0.717, 1.165) is 28.9 Å². The third-order valence-corrected chi connectivity index (χ3v) is 5.77. The maximum Gasteiger partial charge on any atom is 0.320 e. The summed E-state index contributed by atoms with van der Waals surface area (Å²) in [7, 11) is 0. The first-order chi connectivity index (χ1) is 17.1. The molecule has 0 radical (unpaired) electrons. The zero-order valence-electron chi connectivity index (χ0n) is 20.5. The molecule has 0 N–H and O–H groups in total. The van der Waals surface area contributed by atoms with Crippen molar-refractivity contribution in [2.75, 3.05) is 13.2 Å². The second-order valence-corrected chi connectivity index (χ2v) is 8.47. The van der Waals surface area contributed by atoms with Gasteiger partial charge in [-0.05, 0) is 67.9 Å². The maximum atomic E-state index is 12.6. The number of ether oxygens (including phenoxy) is 3. The first kappa shape index (κ1) is 26.0. The lowest BCUT2D eigenvalue weighted by Crippen LogP contribution is -2.31. The van der Waals surface area contributed by atoms with E-state index < -0.39 is 17.9 Å². The van der Waals surface area contributed by atoms with Crippen molar-refractivity contribution in [2.45, 2.75) is 39.7 Å². The topological polar surface area (TPSA) is 61.8 Å². The average Bonchev–Trinajstić information content (AvgIpc) is 2.88. The Balaban J connectivity index is 1.72. The minimum absolute atomic E-state index is 0.0484. The van der Waals surface area contributed by atoms with Crippen LogP contribution < -0.4 is 4.74 Å². The minimum Gasteiger partial charge on any atom is -0.489 e. The molecule has 184 valence electrons. The van der Waals surface area contributed by atoms with Crippen molar-refractivity contribution in [2.24, 2.45) is 11.8 Å². The summed E-state index contributed by atoms with van der Waals surface area (Å²) in [5.41, 5.74) is 3.39. The molecule has 0 spiro atoms. The molecule has 5 heteroatoms. The van der Waals surface area contributed by atoms with Crippen LogP contribution in [0.1, 0.15) is 37.0 Å². The molecule has 0 fully saturated rings.